The third kappa shape index (κ3) is 7.69. The predicted octanol–water partition coefficient (Wildman–Crippen LogP) is 2.85. The molecule has 1 aromatic carbocycles. The largest absolute Gasteiger partial charge is 0.387 e. The SMILES string of the molecule is O=C(CCC(=O)NC1CCCCCCC1)NC[C@@H](O)c1ccccc1. The summed E-state index contributed by atoms with van der Waals surface area (Å²) in [6, 6.07) is 9.47. The Kier molecular flexibility index (Phi) is 8.46. The minimum Gasteiger partial charge on any atom is -0.387 e. The average molecular weight is 346 g/mol. The Balaban J connectivity index is 1.62. The Morgan fingerprint density at radius 1 is 0.960 bits per heavy atom. The Hall–Kier alpha value is -1.88. The number of nitrogens with one attached hydrogen (secondary N) is 2. The van der Waals surface area contributed by atoms with Crippen LogP contribution in [0.25, 0.3) is 0 Å². The molecule has 1 saturated carbocycles. The molecular formula is C20H30N2O3. The zero-order valence-electron chi connectivity index (χ0n) is 14.9. The zero-order chi connectivity index (χ0) is 17.9. The molecule has 3 N–H and O–H groups in total. The number of hydrogen-bond acceptors (Lipinski definition) is 3. The second kappa shape index (κ2) is 10.9. The molecule has 0 bridgehead atoms. The number of aliphatic hydroxyl groups excluding tert-OH is 1. The van der Waals surface area contributed by atoms with E-state index in [1.165, 1.54) is 32.1 Å². The van der Waals surface area contributed by atoms with E-state index in [1.807, 2.05) is 30.3 Å². The summed E-state index contributed by atoms with van der Waals surface area (Å²) >= 11 is 0. The van der Waals surface area contributed by atoms with Crippen molar-refractivity contribution in [3.63, 3.8) is 0 Å². The van der Waals surface area contributed by atoms with Crippen LogP contribution in [0.15, 0.2) is 30.3 Å². The maximum atomic E-state index is 12.0. The van der Waals surface area contributed by atoms with Crippen molar-refractivity contribution in [1.82, 2.24) is 10.6 Å². The quantitative estimate of drug-likeness (QED) is 0.710. The molecule has 25 heavy (non-hydrogen) atoms. The summed E-state index contributed by atoms with van der Waals surface area (Å²) in [7, 11) is 0. The molecule has 0 heterocycles. The van der Waals surface area contributed by atoms with Crippen molar-refractivity contribution in [3.05, 3.63) is 35.9 Å². The van der Waals surface area contributed by atoms with Gasteiger partial charge in [-0.15, -0.1) is 0 Å². The van der Waals surface area contributed by atoms with Crippen LogP contribution >= 0.6 is 0 Å². The summed E-state index contributed by atoms with van der Waals surface area (Å²) in [6.07, 6.45) is 7.85. The third-order valence-electron chi connectivity index (χ3n) is 4.73. The highest BCUT2D eigenvalue weighted by atomic mass is 16.3. The molecule has 5 heteroatoms. The van der Waals surface area contributed by atoms with Crippen molar-refractivity contribution in [3.8, 4) is 0 Å². The lowest BCUT2D eigenvalue weighted by atomic mass is 9.96. The van der Waals surface area contributed by atoms with Gasteiger partial charge in [-0.05, 0) is 18.4 Å². The van der Waals surface area contributed by atoms with E-state index >= 15 is 0 Å². The molecule has 1 fully saturated rings. The van der Waals surface area contributed by atoms with Crippen molar-refractivity contribution in [1.29, 1.82) is 0 Å². The van der Waals surface area contributed by atoms with E-state index in [1.54, 1.807) is 0 Å². The van der Waals surface area contributed by atoms with Crippen LogP contribution in [-0.4, -0.2) is 29.5 Å². The highest BCUT2D eigenvalue weighted by molar-refractivity contribution is 5.83. The van der Waals surface area contributed by atoms with E-state index in [0.717, 1.165) is 18.4 Å². The number of rotatable bonds is 7. The summed E-state index contributed by atoms with van der Waals surface area (Å²) in [5, 5.41) is 15.8. The lowest BCUT2D eigenvalue weighted by Crippen LogP contribution is -2.36. The van der Waals surface area contributed by atoms with Gasteiger partial charge in [0.15, 0.2) is 0 Å². The second-order valence-electron chi connectivity index (χ2n) is 6.84. The molecule has 2 amide bonds. The van der Waals surface area contributed by atoms with Crippen LogP contribution in [0.3, 0.4) is 0 Å². The maximum Gasteiger partial charge on any atom is 0.220 e. The first-order chi connectivity index (χ1) is 12.1. The third-order valence-corrected chi connectivity index (χ3v) is 4.73. The van der Waals surface area contributed by atoms with Crippen LogP contribution in [0.5, 0.6) is 0 Å². The Morgan fingerprint density at radius 2 is 1.56 bits per heavy atom. The molecule has 1 aromatic rings. The number of carbonyl (C=O) groups is 2. The van der Waals surface area contributed by atoms with E-state index in [4.69, 9.17) is 0 Å². The zero-order valence-corrected chi connectivity index (χ0v) is 14.9. The van der Waals surface area contributed by atoms with Gasteiger partial charge in [0.1, 0.15) is 0 Å². The Labute approximate surface area is 150 Å². The van der Waals surface area contributed by atoms with Crippen LogP contribution in [-0.2, 0) is 9.59 Å². The summed E-state index contributed by atoms with van der Waals surface area (Å²) in [5.74, 6) is -0.257. The van der Waals surface area contributed by atoms with Gasteiger partial charge in [-0.2, -0.15) is 0 Å². The molecule has 1 atom stereocenters. The van der Waals surface area contributed by atoms with Crippen LogP contribution in [0.2, 0.25) is 0 Å². The molecule has 5 nitrogen and oxygen atoms in total. The van der Waals surface area contributed by atoms with Gasteiger partial charge in [0.2, 0.25) is 11.8 Å². The topological polar surface area (TPSA) is 78.4 Å². The lowest BCUT2D eigenvalue weighted by molar-refractivity contribution is -0.127. The van der Waals surface area contributed by atoms with Gasteiger partial charge in [-0.1, -0.05) is 62.4 Å². The Bertz CT molecular complexity index is 525. The van der Waals surface area contributed by atoms with Crippen molar-refractivity contribution in [2.75, 3.05) is 6.54 Å². The molecule has 0 aromatic heterocycles. The smallest absolute Gasteiger partial charge is 0.220 e. The molecule has 0 unspecified atom stereocenters. The monoisotopic (exact) mass is 346 g/mol. The highest BCUT2D eigenvalue weighted by Crippen LogP contribution is 2.17. The summed E-state index contributed by atoms with van der Waals surface area (Å²) in [6.45, 7) is 0.160. The highest BCUT2D eigenvalue weighted by Gasteiger charge is 2.15. The van der Waals surface area contributed by atoms with Crippen LogP contribution in [0, 0.1) is 0 Å². The fourth-order valence-electron chi connectivity index (χ4n) is 3.22. The lowest BCUT2D eigenvalue weighted by Gasteiger charge is -2.21. The minimum absolute atomic E-state index is 0.0515. The minimum atomic E-state index is -0.728. The van der Waals surface area contributed by atoms with E-state index in [0.29, 0.717) is 0 Å². The summed E-state index contributed by atoms with van der Waals surface area (Å²) in [5.41, 5.74) is 0.768. The fraction of sp³-hybridized carbons (Fsp3) is 0.600. The van der Waals surface area contributed by atoms with E-state index in [9.17, 15) is 14.7 Å². The average Bonchev–Trinajstić information content (AvgIpc) is 2.61. The van der Waals surface area contributed by atoms with Crippen molar-refractivity contribution >= 4 is 11.8 Å². The normalized spacial score (nSPS) is 17.2. The van der Waals surface area contributed by atoms with Gasteiger partial charge in [-0.25, -0.2) is 0 Å². The second-order valence-corrected chi connectivity index (χ2v) is 6.84. The summed E-state index contributed by atoms with van der Waals surface area (Å²) < 4.78 is 0. The first-order valence-electron chi connectivity index (χ1n) is 9.44. The van der Waals surface area contributed by atoms with E-state index in [2.05, 4.69) is 10.6 Å². The van der Waals surface area contributed by atoms with Gasteiger partial charge >= 0.3 is 0 Å². The molecule has 2 rings (SSSR count). The van der Waals surface area contributed by atoms with Crippen LogP contribution < -0.4 is 10.6 Å². The van der Waals surface area contributed by atoms with Gasteiger partial charge in [0.05, 0.1) is 6.10 Å². The maximum absolute atomic E-state index is 12.0. The number of aliphatic hydroxyl groups is 1. The molecule has 0 aliphatic heterocycles. The molecule has 1 aliphatic rings. The van der Waals surface area contributed by atoms with E-state index in [-0.39, 0.29) is 37.2 Å². The predicted molar refractivity (Wildman–Crippen MR) is 97.9 cm³/mol. The molecule has 138 valence electrons. The van der Waals surface area contributed by atoms with Gasteiger partial charge in [0, 0.05) is 25.4 Å². The molecule has 0 saturated heterocycles. The first-order valence-corrected chi connectivity index (χ1v) is 9.44. The summed E-state index contributed by atoms with van der Waals surface area (Å²) in [4.78, 5) is 23.9. The van der Waals surface area contributed by atoms with Crippen molar-refractivity contribution in [2.45, 2.75) is 69.9 Å². The molecule has 1 aliphatic carbocycles. The Morgan fingerprint density at radius 3 is 2.24 bits per heavy atom. The number of carbonyl (C=O) groups excluding carboxylic acids is 2. The van der Waals surface area contributed by atoms with Gasteiger partial charge in [0.25, 0.3) is 0 Å². The standard InChI is InChI=1S/C20H30N2O3/c23-18(16-9-5-4-6-10-16)15-21-19(24)13-14-20(25)22-17-11-7-2-1-3-8-12-17/h4-6,9-10,17-18,23H,1-3,7-8,11-15H2,(H,21,24)(H,22,25)/t18-/m1/s1. The molecular weight excluding hydrogens is 316 g/mol. The van der Waals surface area contributed by atoms with E-state index < -0.39 is 6.10 Å². The fourth-order valence-corrected chi connectivity index (χ4v) is 3.22. The van der Waals surface area contributed by atoms with Gasteiger partial charge in [-0.3, -0.25) is 9.59 Å². The number of benzene rings is 1. The van der Waals surface area contributed by atoms with Crippen molar-refractivity contribution < 1.29 is 14.7 Å². The van der Waals surface area contributed by atoms with Gasteiger partial charge < -0.3 is 15.7 Å². The first kappa shape index (κ1) is 19.4. The molecule has 0 spiro atoms. The van der Waals surface area contributed by atoms with Crippen molar-refractivity contribution in [2.24, 2.45) is 0 Å². The molecule has 0 radical (unpaired) electrons. The van der Waals surface area contributed by atoms with Crippen LogP contribution in [0.4, 0.5) is 0 Å². The van der Waals surface area contributed by atoms with Crippen LogP contribution in [0.1, 0.15) is 69.5 Å². The number of amides is 2. The number of hydrogen-bond donors (Lipinski definition) is 3.